The van der Waals surface area contributed by atoms with Gasteiger partial charge in [-0.05, 0) is 24.6 Å². The summed E-state index contributed by atoms with van der Waals surface area (Å²) in [6, 6.07) is 3.14. The molecular weight excluding hydrogens is 285 g/mol. The molecule has 0 saturated heterocycles. The summed E-state index contributed by atoms with van der Waals surface area (Å²) in [4.78, 5) is 15.6. The lowest BCUT2D eigenvalue weighted by Crippen LogP contribution is -2.28. The molecule has 0 radical (unpaired) electrons. The molecule has 1 amide bonds. The Morgan fingerprint density at radius 2 is 2.14 bits per heavy atom. The molecule has 1 heterocycles. The summed E-state index contributed by atoms with van der Waals surface area (Å²) in [5.74, 6) is -0.251. The van der Waals surface area contributed by atoms with Gasteiger partial charge in [-0.3, -0.25) is 4.79 Å². The summed E-state index contributed by atoms with van der Waals surface area (Å²) in [7, 11) is 0. The number of carbonyl (C=O) groups excluding carboxylic acids is 1. The second-order valence-electron chi connectivity index (χ2n) is 4.61. The number of imidazole rings is 1. The molecule has 3 N–H and O–H groups in total. The van der Waals surface area contributed by atoms with Gasteiger partial charge in [-0.1, -0.05) is 6.92 Å². The van der Waals surface area contributed by atoms with Crippen LogP contribution in [0.4, 0.5) is 19.1 Å². The van der Waals surface area contributed by atoms with Crippen LogP contribution in [0, 0.1) is 0 Å². The van der Waals surface area contributed by atoms with Crippen LogP contribution in [0.2, 0.25) is 0 Å². The van der Waals surface area contributed by atoms with E-state index in [4.69, 9.17) is 5.73 Å². The molecule has 2 rings (SSSR count). The topological polar surface area (TPSA) is 72.9 Å². The van der Waals surface area contributed by atoms with Gasteiger partial charge in [-0.2, -0.15) is 13.2 Å². The second-order valence-corrected chi connectivity index (χ2v) is 4.61. The Labute approximate surface area is 118 Å². The van der Waals surface area contributed by atoms with Gasteiger partial charge in [0, 0.05) is 6.54 Å². The second kappa shape index (κ2) is 5.63. The Balaban J connectivity index is 2.33. The van der Waals surface area contributed by atoms with E-state index in [1.807, 2.05) is 6.92 Å². The average molecular weight is 300 g/mol. The van der Waals surface area contributed by atoms with Crippen LogP contribution in [0.5, 0.6) is 0 Å². The molecule has 0 aliphatic carbocycles. The van der Waals surface area contributed by atoms with Crippen LogP contribution in [0.25, 0.3) is 11.0 Å². The van der Waals surface area contributed by atoms with E-state index in [1.54, 1.807) is 0 Å². The first-order valence-electron chi connectivity index (χ1n) is 6.42. The lowest BCUT2D eigenvalue weighted by Gasteiger charge is -2.08. The van der Waals surface area contributed by atoms with Gasteiger partial charge in [0.25, 0.3) is 0 Å². The molecule has 0 fully saturated rings. The number of halogens is 3. The van der Waals surface area contributed by atoms with Crippen LogP contribution in [-0.4, -0.2) is 22.0 Å². The molecule has 0 spiro atoms. The number of nitrogens with one attached hydrogen (secondary N) is 1. The van der Waals surface area contributed by atoms with E-state index >= 15 is 0 Å². The van der Waals surface area contributed by atoms with Crippen molar-refractivity contribution in [1.82, 2.24) is 14.9 Å². The molecule has 0 saturated carbocycles. The molecule has 8 heteroatoms. The maximum atomic E-state index is 12.6. The van der Waals surface area contributed by atoms with Gasteiger partial charge < -0.3 is 15.6 Å². The number of fused-ring (bicyclic) bond motifs is 1. The summed E-state index contributed by atoms with van der Waals surface area (Å²) in [5, 5.41) is 2.68. The summed E-state index contributed by atoms with van der Waals surface area (Å²) in [6.45, 7) is 2.37. The number of amides is 1. The average Bonchev–Trinajstić information content (AvgIpc) is 2.71. The van der Waals surface area contributed by atoms with Crippen molar-refractivity contribution in [2.24, 2.45) is 0 Å². The minimum Gasteiger partial charge on any atom is -0.369 e. The van der Waals surface area contributed by atoms with E-state index in [2.05, 4.69) is 10.3 Å². The molecule has 1 aromatic carbocycles. The molecular formula is C13H15F3N4O. The fourth-order valence-electron chi connectivity index (χ4n) is 1.95. The summed E-state index contributed by atoms with van der Waals surface area (Å²) < 4.78 is 39.3. The van der Waals surface area contributed by atoms with Gasteiger partial charge in [-0.15, -0.1) is 0 Å². The Hall–Kier alpha value is -2.25. The van der Waals surface area contributed by atoms with Crippen LogP contribution in [0.3, 0.4) is 0 Å². The highest BCUT2D eigenvalue weighted by Gasteiger charge is 2.31. The third-order valence-corrected chi connectivity index (χ3v) is 2.98. The SMILES string of the molecule is CCCNC(=O)Cn1c(N)nc2cc(C(F)(F)F)ccc21. The summed E-state index contributed by atoms with van der Waals surface area (Å²) in [5.41, 5.74) is 5.40. The van der Waals surface area contributed by atoms with Crippen molar-refractivity contribution in [2.75, 3.05) is 12.3 Å². The fraction of sp³-hybridized carbons (Fsp3) is 0.385. The number of nitrogens with zero attached hydrogens (tertiary/aromatic N) is 2. The van der Waals surface area contributed by atoms with Gasteiger partial charge >= 0.3 is 6.18 Å². The highest BCUT2D eigenvalue weighted by atomic mass is 19.4. The normalized spacial score (nSPS) is 11.8. The van der Waals surface area contributed by atoms with E-state index in [1.165, 1.54) is 10.6 Å². The van der Waals surface area contributed by atoms with Gasteiger partial charge in [-0.25, -0.2) is 4.98 Å². The number of nitrogens with two attached hydrogens (primary N) is 1. The van der Waals surface area contributed by atoms with Gasteiger partial charge in [0.15, 0.2) is 0 Å². The number of hydrogen-bond acceptors (Lipinski definition) is 3. The Morgan fingerprint density at radius 1 is 1.43 bits per heavy atom. The van der Waals surface area contributed by atoms with Crippen LogP contribution >= 0.6 is 0 Å². The van der Waals surface area contributed by atoms with Crippen molar-refractivity contribution < 1.29 is 18.0 Å². The maximum Gasteiger partial charge on any atom is 0.416 e. The van der Waals surface area contributed by atoms with Crippen molar-refractivity contribution >= 4 is 22.9 Å². The van der Waals surface area contributed by atoms with Crippen molar-refractivity contribution in [2.45, 2.75) is 26.1 Å². The lowest BCUT2D eigenvalue weighted by atomic mass is 10.2. The van der Waals surface area contributed by atoms with E-state index < -0.39 is 11.7 Å². The maximum absolute atomic E-state index is 12.6. The highest BCUT2D eigenvalue weighted by Crippen LogP contribution is 2.31. The summed E-state index contributed by atoms with van der Waals surface area (Å²) in [6.07, 6.45) is -3.65. The van der Waals surface area contributed by atoms with Crippen LogP contribution in [0.15, 0.2) is 18.2 Å². The molecule has 0 unspecified atom stereocenters. The van der Waals surface area contributed by atoms with Crippen molar-refractivity contribution in [3.8, 4) is 0 Å². The van der Waals surface area contributed by atoms with E-state index in [9.17, 15) is 18.0 Å². The Bertz CT molecular complexity index is 663. The first-order chi connectivity index (χ1) is 9.82. The van der Waals surface area contributed by atoms with E-state index in [0.717, 1.165) is 18.6 Å². The molecule has 0 bridgehead atoms. The van der Waals surface area contributed by atoms with Crippen molar-refractivity contribution in [1.29, 1.82) is 0 Å². The predicted molar refractivity (Wildman–Crippen MR) is 72.4 cm³/mol. The van der Waals surface area contributed by atoms with Crippen LogP contribution < -0.4 is 11.1 Å². The Kier molecular flexibility index (Phi) is 4.06. The third-order valence-electron chi connectivity index (χ3n) is 2.98. The van der Waals surface area contributed by atoms with E-state index in [-0.39, 0.29) is 23.9 Å². The third kappa shape index (κ3) is 3.26. The first-order valence-corrected chi connectivity index (χ1v) is 6.42. The van der Waals surface area contributed by atoms with Gasteiger partial charge in [0.1, 0.15) is 6.54 Å². The smallest absolute Gasteiger partial charge is 0.369 e. The molecule has 0 aliphatic rings. The Morgan fingerprint density at radius 3 is 2.76 bits per heavy atom. The molecule has 0 atom stereocenters. The minimum absolute atomic E-state index is 0.0102. The lowest BCUT2D eigenvalue weighted by molar-refractivity contribution is -0.137. The summed E-state index contributed by atoms with van der Waals surface area (Å²) >= 11 is 0. The number of alkyl halides is 3. The minimum atomic E-state index is -4.44. The van der Waals surface area contributed by atoms with Crippen LogP contribution in [0.1, 0.15) is 18.9 Å². The van der Waals surface area contributed by atoms with Crippen molar-refractivity contribution in [3.05, 3.63) is 23.8 Å². The standard InChI is InChI=1S/C13H15F3N4O/c1-2-5-18-11(21)7-20-10-4-3-8(13(14,15)16)6-9(10)19-12(20)17/h3-4,6H,2,5,7H2,1H3,(H2,17,19)(H,18,21). The number of nitrogen functional groups attached to an aromatic ring is 1. The van der Waals surface area contributed by atoms with Gasteiger partial charge in [0.05, 0.1) is 16.6 Å². The zero-order chi connectivity index (χ0) is 15.6. The number of benzene rings is 1. The van der Waals surface area contributed by atoms with Crippen LogP contribution in [-0.2, 0) is 17.5 Å². The molecule has 5 nitrogen and oxygen atoms in total. The number of rotatable bonds is 4. The fourth-order valence-corrected chi connectivity index (χ4v) is 1.95. The highest BCUT2D eigenvalue weighted by molar-refractivity contribution is 5.83. The van der Waals surface area contributed by atoms with E-state index in [0.29, 0.717) is 12.1 Å². The van der Waals surface area contributed by atoms with Crippen molar-refractivity contribution in [3.63, 3.8) is 0 Å². The molecule has 21 heavy (non-hydrogen) atoms. The zero-order valence-electron chi connectivity index (χ0n) is 11.4. The predicted octanol–water partition coefficient (Wildman–Crippen LogP) is 2.16. The number of aromatic nitrogens is 2. The quantitative estimate of drug-likeness (QED) is 0.909. The largest absolute Gasteiger partial charge is 0.416 e. The zero-order valence-corrected chi connectivity index (χ0v) is 11.4. The number of carbonyl (C=O) groups is 1. The molecule has 1 aromatic heterocycles. The molecule has 114 valence electrons. The monoisotopic (exact) mass is 300 g/mol. The number of anilines is 1. The molecule has 2 aromatic rings. The first kappa shape index (κ1) is 15.1. The molecule has 0 aliphatic heterocycles. The number of hydrogen-bond donors (Lipinski definition) is 2. The van der Waals surface area contributed by atoms with Gasteiger partial charge in [0.2, 0.25) is 11.9 Å².